The molecule has 0 aliphatic carbocycles. The first-order valence-corrected chi connectivity index (χ1v) is 10.5. The number of hydrogen-bond acceptors (Lipinski definition) is 5. The largest absolute Gasteiger partial charge is 0.497 e. The van der Waals surface area contributed by atoms with Crippen LogP contribution in [0.1, 0.15) is 40.0 Å². The van der Waals surface area contributed by atoms with E-state index < -0.39 is 0 Å². The Morgan fingerprint density at radius 2 is 1.94 bits per heavy atom. The molecule has 0 unspecified atom stereocenters. The van der Waals surface area contributed by atoms with Gasteiger partial charge in [0.25, 0.3) is 11.5 Å². The molecule has 2 aliphatic heterocycles. The van der Waals surface area contributed by atoms with Crippen LogP contribution in [0.15, 0.2) is 66.0 Å². The van der Waals surface area contributed by atoms with Gasteiger partial charge in [0.1, 0.15) is 12.1 Å². The van der Waals surface area contributed by atoms with Gasteiger partial charge < -0.3 is 14.2 Å². The van der Waals surface area contributed by atoms with Crippen molar-refractivity contribution in [1.29, 1.82) is 0 Å². The first kappa shape index (κ1) is 19.5. The van der Waals surface area contributed by atoms with Gasteiger partial charge in [0.15, 0.2) is 0 Å². The minimum atomic E-state index is -0.0536. The second-order valence-corrected chi connectivity index (χ2v) is 8.31. The maximum absolute atomic E-state index is 13.1. The van der Waals surface area contributed by atoms with Crippen molar-refractivity contribution in [3.63, 3.8) is 0 Å². The topological polar surface area (TPSA) is 77.3 Å². The van der Waals surface area contributed by atoms with Gasteiger partial charge in [0, 0.05) is 49.2 Å². The molecule has 3 atom stereocenters. The Bertz CT molecular complexity index is 1160. The summed E-state index contributed by atoms with van der Waals surface area (Å²) < 4.78 is 7.35. The van der Waals surface area contributed by atoms with Crippen LogP contribution in [-0.4, -0.2) is 45.5 Å². The van der Waals surface area contributed by atoms with Crippen molar-refractivity contribution in [2.75, 3.05) is 20.2 Å². The molecule has 0 saturated carbocycles. The third-order valence-corrected chi connectivity index (χ3v) is 6.47. The lowest BCUT2D eigenvalue weighted by atomic mass is 9.76. The normalized spacial score (nSPS) is 22.0. The highest BCUT2D eigenvalue weighted by Crippen LogP contribution is 2.42. The minimum Gasteiger partial charge on any atom is -0.497 e. The van der Waals surface area contributed by atoms with Crippen LogP contribution in [0.25, 0.3) is 0 Å². The predicted octanol–water partition coefficient (Wildman–Crippen LogP) is 2.69. The molecule has 0 N–H and O–H groups in total. The summed E-state index contributed by atoms with van der Waals surface area (Å²) in [6.07, 6.45) is 6.22. The zero-order valence-electron chi connectivity index (χ0n) is 17.3. The zero-order valence-corrected chi connectivity index (χ0v) is 17.3. The summed E-state index contributed by atoms with van der Waals surface area (Å²) in [5.41, 5.74) is 2.65. The number of nitrogens with zero attached hydrogens (tertiary/aromatic N) is 4. The van der Waals surface area contributed by atoms with E-state index in [-0.39, 0.29) is 29.3 Å². The first-order chi connectivity index (χ1) is 15.1. The molecule has 1 saturated heterocycles. The van der Waals surface area contributed by atoms with Crippen LogP contribution in [0.2, 0.25) is 0 Å². The van der Waals surface area contributed by atoms with E-state index >= 15 is 0 Å². The summed E-state index contributed by atoms with van der Waals surface area (Å²) in [5, 5.41) is 0. The predicted molar refractivity (Wildman–Crippen MR) is 115 cm³/mol. The van der Waals surface area contributed by atoms with E-state index in [1.807, 2.05) is 39.8 Å². The minimum absolute atomic E-state index is 0.0188. The fraction of sp³-hybridized carbons (Fsp3) is 0.333. The Hall–Kier alpha value is -3.48. The van der Waals surface area contributed by atoms with Gasteiger partial charge in [-0.05, 0) is 42.5 Å². The van der Waals surface area contributed by atoms with Gasteiger partial charge in [-0.15, -0.1) is 0 Å². The number of amides is 1. The maximum Gasteiger partial charge on any atom is 0.257 e. The monoisotopic (exact) mass is 416 g/mol. The van der Waals surface area contributed by atoms with Crippen LogP contribution in [0.3, 0.4) is 0 Å². The van der Waals surface area contributed by atoms with Gasteiger partial charge in [-0.3, -0.25) is 9.59 Å². The van der Waals surface area contributed by atoms with Crippen molar-refractivity contribution < 1.29 is 9.53 Å². The molecule has 7 heteroatoms. The summed E-state index contributed by atoms with van der Waals surface area (Å²) in [7, 11) is 1.65. The van der Waals surface area contributed by atoms with E-state index in [1.54, 1.807) is 25.6 Å². The summed E-state index contributed by atoms with van der Waals surface area (Å²) in [6, 6.07) is 13.4. The van der Waals surface area contributed by atoms with E-state index in [1.165, 1.54) is 6.33 Å². The van der Waals surface area contributed by atoms with Crippen LogP contribution in [0.5, 0.6) is 5.75 Å². The van der Waals surface area contributed by atoms with Crippen molar-refractivity contribution in [1.82, 2.24) is 19.4 Å². The summed E-state index contributed by atoms with van der Waals surface area (Å²) in [6.45, 7) is 1.21. The van der Waals surface area contributed by atoms with Crippen molar-refractivity contribution in [2.24, 2.45) is 5.92 Å². The summed E-state index contributed by atoms with van der Waals surface area (Å²) >= 11 is 0. The molecule has 0 spiro atoms. The molecule has 5 rings (SSSR count). The fourth-order valence-electron chi connectivity index (χ4n) is 5.10. The van der Waals surface area contributed by atoms with Gasteiger partial charge >= 0.3 is 0 Å². The van der Waals surface area contributed by atoms with E-state index in [0.717, 1.165) is 23.4 Å². The number of pyridine rings is 1. The van der Waals surface area contributed by atoms with E-state index in [2.05, 4.69) is 16.0 Å². The quantitative estimate of drug-likeness (QED) is 0.654. The molecule has 1 amide bonds. The van der Waals surface area contributed by atoms with Crippen LogP contribution in [0.4, 0.5) is 0 Å². The highest BCUT2D eigenvalue weighted by atomic mass is 16.5. The first-order valence-electron chi connectivity index (χ1n) is 10.5. The van der Waals surface area contributed by atoms with Crippen molar-refractivity contribution in [3.8, 4) is 5.75 Å². The molecule has 2 bridgehead atoms. The number of carbonyl (C=O) groups is 1. The van der Waals surface area contributed by atoms with Crippen LogP contribution in [0, 0.1) is 5.92 Å². The Kier molecular flexibility index (Phi) is 5.02. The van der Waals surface area contributed by atoms with E-state index in [4.69, 9.17) is 4.74 Å². The molecule has 2 aliphatic rings. The summed E-state index contributed by atoms with van der Waals surface area (Å²) in [4.78, 5) is 35.9. The van der Waals surface area contributed by atoms with Gasteiger partial charge in [0.05, 0.1) is 12.7 Å². The third-order valence-electron chi connectivity index (χ3n) is 6.47. The Morgan fingerprint density at radius 3 is 2.74 bits per heavy atom. The number of piperidine rings is 1. The number of methoxy groups -OCH3 is 1. The number of fused-ring (bicyclic) bond motifs is 4. The zero-order chi connectivity index (χ0) is 21.4. The number of rotatable bonds is 4. The highest BCUT2D eigenvalue weighted by molar-refractivity contribution is 5.93. The standard InChI is InChI=1S/C24H24N4O3/c1-31-20-5-2-4-16(8-20)9-22-18-10-17(21-6-3-7-23(29)28(21)22)13-27(14-18)24(30)19-11-25-15-26-12-19/h2-8,11-12,15,17-18,22H,9-10,13-14H2,1H3/t17-,18+,22+/m1/s1. The lowest BCUT2D eigenvalue weighted by Crippen LogP contribution is -2.51. The molecule has 1 aromatic carbocycles. The van der Waals surface area contributed by atoms with Gasteiger partial charge in [0.2, 0.25) is 0 Å². The van der Waals surface area contributed by atoms with Gasteiger partial charge in [-0.2, -0.15) is 0 Å². The fourth-order valence-corrected chi connectivity index (χ4v) is 5.10. The number of likely N-dealkylation sites (tertiary alicyclic amines) is 1. The van der Waals surface area contributed by atoms with Crippen molar-refractivity contribution >= 4 is 5.91 Å². The number of carbonyl (C=O) groups excluding carboxylic acids is 1. The Labute approximate surface area is 180 Å². The molecule has 7 nitrogen and oxygen atoms in total. The second-order valence-electron chi connectivity index (χ2n) is 8.31. The number of ether oxygens (including phenoxy) is 1. The van der Waals surface area contributed by atoms with Gasteiger partial charge in [-0.25, -0.2) is 9.97 Å². The Morgan fingerprint density at radius 1 is 1.13 bits per heavy atom. The maximum atomic E-state index is 13.1. The molecular weight excluding hydrogens is 392 g/mol. The lowest BCUT2D eigenvalue weighted by molar-refractivity contribution is 0.0528. The molecular formula is C24H24N4O3. The molecule has 1 fully saturated rings. The number of aromatic nitrogens is 3. The molecule has 0 radical (unpaired) electrons. The van der Waals surface area contributed by atoms with Crippen LogP contribution < -0.4 is 10.3 Å². The van der Waals surface area contributed by atoms with Crippen molar-refractivity contribution in [2.45, 2.75) is 24.8 Å². The Balaban J connectivity index is 1.51. The molecule has 3 aromatic rings. The molecule has 2 aromatic heterocycles. The van der Waals surface area contributed by atoms with Crippen LogP contribution >= 0.6 is 0 Å². The second kappa shape index (κ2) is 7.98. The number of benzene rings is 1. The molecule has 4 heterocycles. The molecule has 158 valence electrons. The lowest BCUT2D eigenvalue weighted by Gasteiger charge is -2.47. The smallest absolute Gasteiger partial charge is 0.257 e. The average Bonchev–Trinajstić information content (AvgIpc) is 2.82. The van der Waals surface area contributed by atoms with E-state index in [9.17, 15) is 9.59 Å². The molecule has 31 heavy (non-hydrogen) atoms. The van der Waals surface area contributed by atoms with Crippen LogP contribution in [-0.2, 0) is 6.42 Å². The van der Waals surface area contributed by atoms with Crippen molar-refractivity contribution in [3.05, 3.63) is 88.4 Å². The van der Waals surface area contributed by atoms with Gasteiger partial charge in [-0.1, -0.05) is 18.2 Å². The SMILES string of the molecule is COc1cccc(C[C@H]2[C@H]3C[C@H](CN(C(=O)c4cncnc4)C3)c3cccc(=O)n32)c1. The number of hydrogen-bond donors (Lipinski definition) is 0. The average molecular weight is 416 g/mol. The summed E-state index contributed by atoms with van der Waals surface area (Å²) in [5.74, 6) is 1.08. The third kappa shape index (κ3) is 3.60. The van der Waals surface area contributed by atoms with E-state index in [0.29, 0.717) is 25.1 Å². The highest BCUT2D eigenvalue weighted by Gasteiger charge is 2.41.